The van der Waals surface area contributed by atoms with Gasteiger partial charge in [-0.15, -0.1) is 0 Å². The van der Waals surface area contributed by atoms with Crippen LogP contribution in [0.25, 0.3) is 0 Å². The van der Waals surface area contributed by atoms with E-state index in [-0.39, 0.29) is 276 Å². The minimum absolute atomic E-state index is 0. The molecule has 0 N–H and O–H groups in total. The summed E-state index contributed by atoms with van der Waals surface area (Å²) in [5, 5.41) is 0. The fourth-order valence-corrected chi connectivity index (χ4v) is 0. The van der Waals surface area contributed by atoms with Crippen molar-refractivity contribution in [3.05, 3.63) is 0 Å². The molecular weight excluding hydrogens is 1080 g/mol. The van der Waals surface area contributed by atoms with Gasteiger partial charge < -0.3 is 0 Å². The van der Waals surface area contributed by atoms with Crippen molar-refractivity contribution >= 4 is 71.7 Å². The summed E-state index contributed by atoms with van der Waals surface area (Å²) in [6, 6.07) is 0. The number of rotatable bonds is 0. The van der Waals surface area contributed by atoms with Crippen LogP contribution >= 0.6 is 0 Å². The average Bonchev–Trinajstić information content (AvgIpc) is 0. The third kappa shape index (κ3) is 36.2. The van der Waals surface area contributed by atoms with Crippen LogP contribution in [0.1, 0.15) is 0 Å². The topological polar surface area (TPSA) is 0 Å². The molecular formula is H6Nd5Sn3. The van der Waals surface area contributed by atoms with Crippen molar-refractivity contribution in [3.63, 3.8) is 0 Å². The molecule has 0 saturated carbocycles. The van der Waals surface area contributed by atoms with Crippen LogP contribution in [-0.2, 0) is 0 Å². The van der Waals surface area contributed by atoms with Gasteiger partial charge in [0.2, 0.25) is 0 Å². The van der Waals surface area contributed by atoms with Crippen LogP contribution < -0.4 is 0 Å². The van der Waals surface area contributed by atoms with Gasteiger partial charge in [-0.05, 0) is 0 Å². The second-order valence-corrected chi connectivity index (χ2v) is 0. The predicted octanol–water partition coefficient (Wildman–Crippen LogP) is -2.75. The summed E-state index contributed by atoms with van der Waals surface area (Å²) in [6.45, 7) is 0. The Bertz CT molecular complexity index is 7.64. The van der Waals surface area contributed by atoms with Gasteiger partial charge in [0.15, 0.2) is 0 Å². The van der Waals surface area contributed by atoms with E-state index in [0.29, 0.717) is 0 Å². The molecule has 0 amide bonds. The Kier molecular flexibility index (Phi) is 296. The predicted molar refractivity (Wildman–Crippen MR) is 25.6 cm³/mol. The molecule has 0 rings (SSSR count). The first-order valence-electron chi connectivity index (χ1n) is 0. The van der Waals surface area contributed by atoms with Gasteiger partial charge in [-0.25, -0.2) is 0 Å². The van der Waals surface area contributed by atoms with E-state index in [2.05, 4.69) is 0 Å². The van der Waals surface area contributed by atoms with Crippen LogP contribution in [0.3, 0.4) is 0 Å². The molecule has 0 bridgehead atoms. The van der Waals surface area contributed by atoms with Crippen molar-refractivity contribution in [1.82, 2.24) is 0 Å². The van der Waals surface area contributed by atoms with E-state index in [1.165, 1.54) is 0 Å². The van der Waals surface area contributed by atoms with Crippen molar-refractivity contribution in [1.29, 1.82) is 0 Å². The zero-order valence-electron chi connectivity index (χ0n) is 4.62. The normalized spacial score (nSPS) is 0. The van der Waals surface area contributed by atoms with Crippen LogP contribution in [0.2, 0.25) is 0 Å². The molecule has 0 atom stereocenters. The molecule has 0 aromatic rings. The Morgan fingerprint density at radius 3 is 0.250 bits per heavy atom. The van der Waals surface area contributed by atoms with Gasteiger partial charge in [-0.1, -0.05) is 0 Å². The molecule has 0 aromatic carbocycles. The number of hydrogen-bond acceptors (Lipinski definition) is 0. The van der Waals surface area contributed by atoms with Crippen LogP contribution in [0.5, 0.6) is 0 Å². The van der Waals surface area contributed by atoms with Crippen LogP contribution in [0, 0.1) is 204 Å². The van der Waals surface area contributed by atoms with E-state index in [9.17, 15) is 0 Å². The molecule has 0 fully saturated rings. The summed E-state index contributed by atoms with van der Waals surface area (Å²) < 4.78 is 0. The second-order valence-electron chi connectivity index (χ2n) is 0. The van der Waals surface area contributed by atoms with Crippen molar-refractivity contribution in [2.24, 2.45) is 0 Å². The van der Waals surface area contributed by atoms with E-state index >= 15 is 0 Å². The van der Waals surface area contributed by atoms with Crippen molar-refractivity contribution in [2.75, 3.05) is 0 Å². The molecule has 0 aliphatic rings. The van der Waals surface area contributed by atoms with Crippen LogP contribution in [0.4, 0.5) is 0 Å². The molecule has 0 spiro atoms. The van der Waals surface area contributed by atoms with Gasteiger partial charge in [0, 0.05) is 204 Å². The number of hydrogen-bond donors (Lipinski definition) is 0. The van der Waals surface area contributed by atoms with Gasteiger partial charge in [-0.3, -0.25) is 0 Å². The third-order valence-electron chi connectivity index (χ3n) is 0. The quantitative estimate of drug-likeness (QED) is 0.232. The molecule has 0 saturated heterocycles. The Labute approximate surface area is 266 Å². The Morgan fingerprint density at radius 2 is 0.250 bits per heavy atom. The third-order valence-corrected chi connectivity index (χ3v) is 0. The summed E-state index contributed by atoms with van der Waals surface area (Å²) in [5.74, 6) is 0. The molecule has 8 heavy (non-hydrogen) atoms. The van der Waals surface area contributed by atoms with E-state index in [1.54, 1.807) is 0 Å². The van der Waals surface area contributed by atoms with E-state index in [4.69, 9.17) is 0 Å². The van der Waals surface area contributed by atoms with Crippen LogP contribution in [0.15, 0.2) is 0 Å². The first kappa shape index (κ1) is 53.4. The van der Waals surface area contributed by atoms with Crippen molar-refractivity contribution in [3.8, 4) is 0 Å². The second kappa shape index (κ2) is 44.3. The van der Waals surface area contributed by atoms with E-state index < -0.39 is 0 Å². The maximum absolute atomic E-state index is 0. The molecule has 0 unspecified atom stereocenters. The molecule has 6 radical (unpaired) electrons. The Balaban J connectivity index is 0. The molecule has 0 aliphatic heterocycles. The van der Waals surface area contributed by atoms with Gasteiger partial charge in [0.1, 0.15) is 0 Å². The molecule has 0 aromatic heterocycles. The fraction of sp³-hybridized carbons (Fsp3) is 0. The summed E-state index contributed by atoms with van der Waals surface area (Å²) >= 11 is 0. The molecule has 38 valence electrons. The van der Waals surface area contributed by atoms with Gasteiger partial charge in [0.25, 0.3) is 0 Å². The standard InChI is InChI=1S/5Nd.3Sn.6H. The van der Waals surface area contributed by atoms with Gasteiger partial charge in [0.05, 0.1) is 0 Å². The van der Waals surface area contributed by atoms with Crippen LogP contribution in [-0.4, -0.2) is 71.7 Å². The molecule has 0 heterocycles. The van der Waals surface area contributed by atoms with Crippen molar-refractivity contribution < 1.29 is 204 Å². The molecule has 8 heteroatoms. The SMILES string of the molecule is [Nd].[Nd].[Nd].[Nd].[Nd].[SnH2].[SnH2].[SnH2]. The van der Waals surface area contributed by atoms with Crippen molar-refractivity contribution in [2.45, 2.75) is 0 Å². The van der Waals surface area contributed by atoms with Gasteiger partial charge >= 0.3 is 71.7 Å². The van der Waals surface area contributed by atoms with E-state index in [0.717, 1.165) is 0 Å². The molecule has 0 aliphatic carbocycles. The van der Waals surface area contributed by atoms with E-state index in [1.807, 2.05) is 0 Å². The Morgan fingerprint density at radius 1 is 0.250 bits per heavy atom. The minimum atomic E-state index is 0. The summed E-state index contributed by atoms with van der Waals surface area (Å²) in [7, 11) is 0. The van der Waals surface area contributed by atoms with Gasteiger partial charge in [-0.2, -0.15) is 0 Å². The summed E-state index contributed by atoms with van der Waals surface area (Å²) in [6.07, 6.45) is 0. The molecule has 0 nitrogen and oxygen atoms in total. The first-order valence-corrected chi connectivity index (χ1v) is 0. The monoisotopic (exact) mass is 1080 g/mol. The first-order chi connectivity index (χ1) is 0. The maximum atomic E-state index is 0. The average molecular weight is 1080 g/mol. The summed E-state index contributed by atoms with van der Waals surface area (Å²) in [4.78, 5) is 0. The fourth-order valence-electron chi connectivity index (χ4n) is 0. The Hall–Kier alpha value is 9.15. The summed E-state index contributed by atoms with van der Waals surface area (Å²) in [5.41, 5.74) is 0. The zero-order valence-corrected chi connectivity index (χ0v) is 32.8. The zero-order chi connectivity index (χ0) is 0.